The Morgan fingerprint density at radius 2 is 1.80 bits per heavy atom. The van der Waals surface area contributed by atoms with Gasteiger partial charge in [-0.15, -0.1) is 0 Å². The molecule has 0 bridgehead atoms. The number of carbonyl (C=O) groups is 2. The topological polar surface area (TPSA) is 96.2 Å². The van der Waals surface area contributed by atoms with Gasteiger partial charge in [-0.1, -0.05) is 24.3 Å². The molecule has 2 aromatic carbocycles. The number of carboxylic acids is 1. The van der Waals surface area contributed by atoms with Gasteiger partial charge >= 0.3 is 5.97 Å². The van der Waals surface area contributed by atoms with Crippen LogP contribution >= 0.6 is 0 Å². The van der Waals surface area contributed by atoms with Crippen molar-refractivity contribution in [1.29, 1.82) is 0 Å². The number of carbonyl (C=O) groups excluding carboxylic acids is 1. The average Bonchev–Trinajstić information content (AvgIpc) is 3.28. The molecule has 0 aliphatic heterocycles. The number of aromatic carboxylic acids is 1. The predicted octanol–water partition coefficient (Wildman–Crippen LogP) is 4.00. The first-order chi connectivity index (χ1) is 12.1. The van der Waals surface area contributed by atoms with Gasteiger partial charge in [-0.25, -0.2) is 9.78 Å². The number of hydrogen-bond acceptors (Lipinski definition) is 4. The molecular formula is C19H12N2O4. The van der Waals surface area contributed by atoms with Crippen LogP contribution in [0.25, 0.3) is 33.7 Å². The number of nitrogens with zero attached hydrogens (tertiary/aromatic N) is 1. The van der Waals surface area contributed by atoms with E-state index in [1.54, 1.807) is 24.3 Å². The highest BCUT2D eigenvalue weighted by atomic mass is 16.4. The zero-order valence-corrected chi connectivity index (χ0v) is 12.9. The Labute approximate surface area is 141 Å². The normalized spacial score (nSPS) is 10.9. The molecule has 122 valence electrons. The average molecular weight is 332 g/mol. The Morgan fingerprint density at radius 3 is 2.48 bits per heavy atom. The van der Waals surface area contributed by atoms with Gasteiger partial charge in [-0.05, 0) is 30.3 Å². The number of hydrogen-bond donors (Lipinski definition) is 2. The second kappa shape index (κ2) is 5.76. The predicted molar refractivity (Wildman–Crippen MR) is 91.6 cm³/mol. The zero-order chi connectivity index (χ0) is 17.4. The Bertz CT molecular complexity index is 1090. The van der Waals surface area contributed by atoms with Crippen molar-refractivity contribution >= 4 is 23.3 Å². The number of fused-ring (bicyclic) bond motifs is 1. The SMILES string of the molecule is O=Cc1ccc(-c2ccc(-c3nc4ccc(C(=O)O)cc4[nH]3)cc2)o1. The van der Waals surface area contributed by atoms with E-state index in [1.165, 1.54) is 6.07 Å². The van der Waals surface area contributed by atoms with E-state index in [0.717, 1.165) is 11.1 Å². The van der Waals surface area contributed by atoms with Gasteiger partial charge in [0.15, 0.2) is 12.0 Å². The van der Waals surface area contributed by atoms with Crippen LogP contribution in [-0.4, -0.2) is 27.3 Å². The molecule has 6 heteroatoms. The largest absolute Gasteiger partial charge is 0.478 e. The van der Waals surface area contributed by atoms with Gasteiger partial charge in [0.25, 0.3) is 0 Å². The first-order valence-electron chi connectivity index (χ1n) is 7.53. The summed E-state index contributed by atoms with van der Waals surface area (Å²) >= 11 is 0. The van der Waals surface area contributed by atoms with Gasteiger partial charge in [-0.2, -0.15) is 0 Å². The lowest BCUT2D eigenvalue weighted by atomic mass is 10.1. The van der Waals surface area contributed by atoms with E-state index >= 15 is 0 Å². The monoisotopic (exact) mass is 332 g/mol. The molecule has 4 rings (SSSR count). The Hall–Kier alpha value is -3.67. The lowest BCUT2D eigenvalue weighted by Crippen LogP contribution is -1.94. The fourth-order valence-corrected chi connectivity index (χ4v) is 2.64. The molecule has 0 unspecified atom stereocenters. The smallest absolute Gasteiger partial charge is 0.335 e. The Morgan fingerprint density at radius 1 is 1.04 bits per heavy atom. The van der Waals surface area contributed by atoms with Crippen LogP contribution < -0.4 is 0 Å². The summed E-state index contributed by atoms with van der Waals surface area (Å²) in [5.41, 5.74) is 3.29. The minimum atomic E-state index is -0.976. The summed E-state index contributed by atoms with van der Waals surface area (Å²) in [5.74, 6) is 0.572. The van der Waals surface area contributed by atoms with E-state index in [1.807, 2.05) is 24.3 Å². The van der Waals surface area contributed by atoms with Crippen molar-refractivity contribution < 1.29 is 19.1 Å². The van der Waals surface area contributed by atoms with E-state index in [9.17, 15) is 9.59 Å². The molecule has 0 saturated carbocycles. The van der Waals surface area contributed by atoms with Crippen LogP contribution in [-0.2, 0) is 0 Å². The van der Waals surface area contributed by atoms with Gasteiger partial charge in [0, 0.05) is 11.1 Å². The lowest BCUT2D eigenvalue weighted by Gasteiger charge is -1.99. The molecule has 0 atom stereocenters. The van der Waals surface area contributed by atoms with Gasteiger partial charge in [0.05, 0.1) is 16.6 Å². The third kappa shape index (κ3) is 2.70. The maximum absolute atomic E-state index is 11.1. The van der Waals surface area contributed by atoms with Crippen LogP contribution in [0.1, 0.15) is 20.9 Å². The number of benzene rings is 2. The van der Waals surface area contributed by atoms with Crippen molar-refractivity contribution in [2.45, 2.75) is 0 Å². The second-order valence-electron chi connectivity index (χ2n) is 5.52. The summed E-state index contributed by atoms with van der Waals surface area (Å²) < 4.78 is 5.40. The minimum Gasteiger partial charge on any atom is -0.478 e. The van der Waals surface area contributed by atoms with Crippen LogP contribution in [0, 0.1) is 0 Å². The number of aromatic amines is 1. The van der Waals surface area contributed by atoms with Gasteiger partial charge in [-0.3, -0.25) is 4.79 Å². The lowest BCUT2D eigenvalue weighted by molar-refractivity contribution is 0.0697. The van der Waals surface area contributed by atoms with E-state index in [4.69, 9.17) is 9.52 Å². The highest BCUT2D eigenvalue weighted by Gasteiger charge is 2.10. The number of H-pyrrole nitrogens is 1. The van der Waals surface area contributed by atoms with Crippen LogP contribution in [0.3, 0.4) is 0 Å². The summed E-state index contributed by atoms with van der Waals surface area (Å²) in [6.07, 6.45) is 0.664. The maximum Gasteiger partial charge on any atom is 0.335 e. The van der Waals surface area contributed by atoms with Gasteiger partial charge in [0.2, 0.25) is 0 Å². The summed E-state index contributed by atoms with van der Waals surface area (Å²) in [5, 5.41) is 9.06. The Balaban J connectivity index is 1.68. The molecule has 0 aliphatic carbocycles. The quantitative estimate of drug-likeness (QED) is 0.551. The molecular weight excluding hydrogens is 320 g/mol. The number of aldehydes is 1. The maximum atomic E-state index is 11.1. The zero-order valence-electron chi connectivity index (χ0n) is 12.9. The molecule has 2 aromatic heterocycles. The van der Waals surface area contributed by atoms with Gasteiger partial charge < -0.3 is 14.5 Å². The summed E-state index contributed by atoms with van der Waals surface area (Å²) in [7, 11) is 0. The number of aromatic nitrogens is 2. The molecule has 4 aromatic rings. The van der Waals surface area contributed by atoms with Crippen molar-refractivity contribution in [3.8, 4) is 22.7 Å². The molecule has 0 aliphatic rings. The van der Waals surface area contributed by atoms with E-state index in [-0.39, 0.29) is 11.3 Å². The number of carboxylic acid groups (broad SMARTS) is 1. The fourth-order valence-electron chi connectivity index (χ4n) is 2.64. The summed E-state index contributed by atoms with van der Waals surface area (Å²) in [6, 6.07) is 15.6. The molecule has 25 heavy (non-hydrogen) atoms. The van der Waals surface area contributed by atoms with E-state index < -0.39 is 5.97 Å². The van der Waals surface area contributed by atoms with Crippen molar-refractivity contribution in [3.63, 3.8) is 0 Å². The number of nitrogens with one attached hydrogen (secondary N) is 1. The molecule has 6 nitrogen and oxygen atoms in total. The first-order valence-corrected chi connectivity index (χ1v) is 7.53. The van der Waals surface area contributed by atoms with E-state index in [2.05, 4.69) is 9.97 Å². The van der Waals surface area contributed by atoms with E-state index in [0.29, 0.717) is 28.9 Å². The third-order valence-corrected chi connectivity index (χ3v) is 3.91. The highest BCUT2D eigenvalue weighted by Crippen LogP contribution is 2.26. The van der Waals surface area contributed by atoms with Crippen molar-refractivity contribution in [3.05, 3.63) is 65.9 Å². The van der Waals surface area contributed by atoms with Crippen molar-refractivity contribution in [2.24, 2.45) is 0 Å². The third-order valence-electron chi connectivity index (χ3n) is 3.91. The molecule has 0 amide bonds. The second-order valence-corrected chi connectivity index (χ2v) is 5.52. The van der Waals surface area contributed by atoms with Crippen LogP contribution in [0.5, 0.6) is 0 Å². The minimum absolute atomic E-state index is 0.210. The van der Waals surface area contributed by atoms with Gasteiger partial charge in [0.1, 0.15) is 11.6 Å². The standard InChI is InChI=1S/C19H12N2O4/c22-10-14-6-8-17(25-14)11-1-3-12(4-2-11)18-20-15-7-5-13(19(23)24)9-16(15)21-18/h1-10H,(H,20,21)(H,23,24). The van der Waals surface area contributed by atoms with Crippen LogP contribution in [0.2, 0.25) is 0 Å². The van der Waals surface area contributed by atoms with Crippen molar-refractivity contribution in [2.75, 3.05) is 0 Å². The summed E-state index contributed by atoms with van der Waals surface area (Å²) in [6.45, 7) is 0. The molecule has 2 N–H and O–H groups in total. The molecule has 0 saturated heterocycles. The number of rotatable bonds is 4. The molecule has 0 spiro atoms. The summed E-state index contributed by atoms with van der Waals surface area (Å²) in [4.78, 5) is 29.4. The molecule has 0 radical (unpaired) electrons. The molecule has 0 fully saturated rings. The number of imidazole rings is 1. The highest BCUT2D eigenvalue weighted by molar-refractivity contribution is 5.93. The van der Waals surface area contributed by atoms with Crippen LogP contribution in [0.4, 0.5) is 0 Å². The Kier molecular flexibility index (Phi) is 3.43. The van der Waals surface area contributed by atoms with Crippen molar-refractivity contribution in [1.82, 2.24) is 9.97 Å². The fraction of sp³-hybridized carbons (Fsp3) is 0. The van der Waals surface area contributed by atoms with Crippen LogP contribution in [0.15, 0.2) is 59.0 Å². The molecule has 2 heterocycles. The first kappa shape index (κ1) is 14.9. The number of furan rings is 1.